The first kappa shape index (κ1) is 23.5. The Morgan fingerprint density at radius 1 is 0.903 bits per heavy atom. The minimum Gasteiger partial charge on any atom is -0.496 e. The number of carbonyl (C=O) groups excluding carboxylic acids is 2. The Bertz CT molecular complexity index is 976. The number of nitrogens with zero attached hydrogens (tertiary/aromatic N) is 2. The maximum Gasteiger partial charge on any atom is 0.342 e. The number of nitriles is 1. The minimum atomic E-state index is -0.744. The van der Waals surface area contributed by atoms with E-state index in [4.69, 9.17) is 24.2 Å². The van der Waals surface area contributed by atoms with Crippen LogP contribution < -0.4 is 19.1 Å². The Kier molecular flexibility index (Phi) is 8.26. The fourth-order valence-corrected chi connectivity index (χ4v) is 3.14. The van der Waals surface area contributed by atoms with Gasteiger partial charge in [-0.05, 0) is 37.1 Å². The molecule has 0 saturated heterocycles. The molecule has 0 unspecified atom stereocenters. The lowest BCUT2D eigenvalue weighted by Gasteiger charge is -2.23. The zero-order valence-corrected chi connectivity index (χ0v) is 18.4. The molecule has 0 heterocycles. The third kappa shape index (κ3) is 5.89. The first-order valence-corrected chi connectivity index (χ1v) is 9.57. The van der Waals surface area contributed by atoms with E-state index in [-0.39, 0.29) is 24.3 Å². The van der Waals surface area contributed by atoms with E-state index in [9.17, 15) is 9.59 Å². The van der Waals surface area contributed by atoms with Crippen molar-refractivity contribution in [2.75, 3.05) is 39.4 Å². The number of hydrogen-bond donors (Lipinski definition) is 0. The fourth-order valence-electron chi connectivity index (χ4n) is 3.14. The summed E-state index contributed by atoms with van der Waals surface area (Å²) in [5, 5.41) is 8.96. The highest BCUT2D eigenvalue weighted by atomic mass is 16.5. The van der Waals surface area contributed by atoms with E-state index >= 15 is 0 Å². The van der Waals surface area contributed by atoms with Crippen molar-refractivity contribution >= 4 is 17.6 Å². The monoisotopic (exact) mass is 426 g/mol. The number of hydrogen-bond acceptors (Lipinski definition) is 7. The van der Waals surface area contributed by atoms with E-state index in [1.54, 1.807) is 0 Å². The second kappa shape index (κ2) is 10.9. The molecule has 2 rings (SSSR count). The topological polar surface area (TPSA) is 98.1 Å². The number of rotatable bonds is 9. The van der Waals surface area contributed by atoms with Crippen LogP contribution in [0.4, 0.5) is 5.69 Å². The lowest BCUT2D eigenvalue weighted by molar-refractivity contribution is -0.121. The van der Waals surface area contributed by atoms with Crippen LogP contribution in [0.25, 0.3) is 0 Å². The molecule has 0 fully saturated rings. The molecular weight excluding hydrogens is 400 g/mol. The molecule has 0 saturated carbocycles. The Labute approximate surface area is 181 Å². The van der Waals surface area contributed by atoms with Crippen molar-refractivity contribution in [1.29, 1.82) is 5.26 Å². The summed E-state index contributed by atoms with van der Waals surface area (Å²) < 4.78 is 20.9. The van der Waals surface area contributed by atoms with Crippen LogP contribution in [0.2, 0.25) is 0 Å². The third-order valence-electron chi connectivity index (χ3n) is 4.52. The first-order chi connectivity index (χ1) is 14.8. The summed E-state index contributed by atoms with van der Waals surface area (Å²) >= 11 is 0. The Hall–Kier alpha value is -3.73. The lowest BCUT2D eigenvalue weighted by Crippen LogP contribution is -2.35. The number of esters is 1. The van der Waals surface area contributed by atoms with Crippen molar-refractivity contribution in [3.63, 3.8) is 0 Å². The molecular formula is C23H26N2O6. The number of benzene rings is 2. The van der Waals surface area contributed by atoms with Gasteiger partial charge in [0.1, 0.15) is 11.3 Å². The fraction of sp³-hybridized carbons (Fsp3) is 0.348. The van der Waals surface area contributed by atoms with Gasteiger partial charge in [0.2, 0.25) is 0 Å². The highest BCUT2D eigenvalue weighted by Gasteiger charge is 2.22. The van der Waals surface area contributed by atoms with Gasteiger partial charge in [0.05, 0.1) is 33.8 Å². The Morgan fingerprint density at radius 3 is 2.03 bits per heavy atom. The molecule has 0 aliphatic carbocycles. The molecule has 0 radical (unpaired) electrons. The predicted octanol–water partition coefficient (Wildman–Crippen LogP) is 3.43. The zero-order chi connectivity index (χ0) is 23.0. The summed E-state index contributed by atoms with van der Waals surface area (Å²) in [6, 6.07) is 10.7. The number of anilines is 1. The molecule has 0 bridgehead atoms. The molecule has 0 spiro atoms. The Morgan fingerprint density at radius 2 is 1.48 bits per heavy atom. The van der Waals surface area contributed by atoms with Gasteiger partial charge in [0.25, 0.3) is 5.91 Å². The summed E-state index contributed by atoms with van der Waals surface area (Å²) in [4.78, 5) is 27.0. The van der Waals surface area contributed by atoms with Crippen molar-refractivity contribution in [3.05, 3.63) is 47.0 Å². The van der Waals surface area contributed by atoms with Crippen LogP contribution in [0.3, 0.4) is 0 Å². The summed E-state index contributed by atoms with van der Waals surface area (Å²) in [6.07, 6.45) is 0.149. The largest absolute Gasteiger partial charge is 0.496 e. The highest BCUT2D eigenvalue weighted by Crippen LogP contribution is 2.35. The van der Waals surface area contributed by atoms with E-state index in [0.29, 0.717) is 17.2 Å². The van der Waals surface area contributed by atoms with Crippen molar-refractivity contribution < 1.29 is 28.5 Å². The van der Waals surface area contributed by atoms with E-state index in [1.807, 2.05) is 38.1 Å². The van der Waals surface area contributed by atoms with Crippen LogP contribution in [0.1, 0.15) is 27.9 Å². The highest BCUT2D eigenvalue weighted by molar-refractivity contribution is 5.98. The molecule has 0 aliphatic rings. The summed E-state index contributed by atoms with van der Waals surface area (Å²) in [5.74, 6) is -0.234. The van der Waals surface area contributed by atoms with E-state index in [0.717, 1.165) is 11.1 Å². The van der Waals surface area contributed by atoms with Gasteiger partial charge in [-0.1, -0.05) is 6.07 Å². The van der Waals surface area contributed by atoms with Crippen molar-refractivity contribution in [3.8, 4) is 23.3 Å². The van der Waals surface area contributed by atoms with Crippen molar-refractivity contribution in [2.24, 2.45) is 0 Å². The molecule has 0 atom stereocenters. The van der Waals surface area contributed by atoms with Crippen LogP contribution in [0.15, 0.2) is 30.3 Å². The van der Waals surface area contributed by atoms with Gasteiger partial charge >= 0.3 is 5.97 Å². The molecule has 8 nitrogen and oxygen atoms in total. The number of carbonyl (C=O) groups is 2. The van der Waals surface area contributed by atoms with Gasteiger partial charge in [-0.15, -0.1) is 0 Å². The number of amides is 1. The third-order valence-corrected chi connectivity index (χ3v) is 4.52. The normalized spacial score (nSPS) is 10.1. The average molecular weight is 426 g/mol. The van der Waals surface area contributed by atoms with Gasteiger partial charge < -0.3 is 23.8 Å². The average Bonchev–Trinajstić information content (AvgIpc) is 2.75. The SMILES string of the molecule is COc1cc(OC)c(C(=O)OCC(=O)N(CCC#N)c2cc(C)cc(C)c2)cc1OC. The van der Waals surface area contributed by atoms with Gasteiger partial charge in [0, 0.05) is 24.4 Å². The number of methoxy groups -OCH3 is 3. The maximum atomic E-state index is 12.8. The zero-order valence-electron chi connectivity index (χ0n) is 18.4. The number of ether oxygens (including phenoxy) is 4. The standard InChI is InChI=1S/C23H26N2O6/c1-15-9-16(2)11-17(10-15)25(8-6-7-24)22(26)14-31-23(27)18-12-20(29-4)21(30-5)13-19(18)28-3/h9-13H,6,8,14H2,1-5H3. The van der Waals surface area contributed by atoms with Crippen LogP contribution in [0, 0.1) is 25.2 Å². The molecule has 0 aromatic heterocycles. The lowest BCUT2D eigenvalue weighted by atomic mass is 10.1. The van der Waals surface area contributed by atoms with Gasteiger partial charge in [0.15, 0.2) is 18.1 Å². The molecule has 164 valence electrons. The van der Waals surface area contributed by atoms with Crippen molar-refractivity contribution in [1.82, 2.24) is 0 Å². The molecule has 31 heavy (non-hydrogen) atoms. The smallest absolute Gasteiger partial charge is 0.342 e. The van der Waals surface area contributed by atoms with Crippen LogP contribution in [-0.4, -0.2) is 46.4 Å². The molecule has 2 aromatic carbocycles. The van der Waals surface area contributed by atoms with Crippen LogP contribution >= 0.6 is 0 Å². The summed E-state index contributed by atoms with van der Waals surface area (Å²) in [5.41, 5.74) is 2.72. The van der Waals surface area contributed by atoms with E-state index in [2.05, 4.69) is 0 Å². The van der Waals surface area contributed by atoms with Gasteiger partial charge in [-0.3, -0.25) is 4.79 Å². The Balaban J connectivity index is 2.22. The first-order valence-electron chi connectivity index (χ1n) is 9.57. The molecule has 1 amide bonds. The molecule has 2 aromatic rings. The van der Waals surface area contributed by atoms with Crippen molar-refractivity contribution in [2.45, 2.75) is 20.3 Å². The predicted molar refractivity (Wildman–Crippen MR) is 115 cm³/mol. The summed E-state index contributed by atoms with van der Waals surface area (Å²) in [7, 11) is 4.32. The van der Waals surface area contributed by atoms with E-state index in [1.165, 1.54) is 38.4 Å². The molecule has 8 heteroatoms. The van der Waals surface area contributed by atoms with Gasteiger partial charge in [-0.25, -0.2) is 4.79 Å². The van der Waals surface area contributed by atoms with E-state index < -0.39 is 18.5 Å². The molecule has 0 N–H and O–H groups in total. The minimum absolute atomic E-state index is 0.0999. The quantitative estimate of drug-likeness (QED) is 0.567. The summed E-state index contributed by atoms with van der Waals surface area (Å²) in [6.45, 7) is 3.55. The van der Waals surface area contributed by atoms with Crippen LogP contribution in [-0.2, 0) is 9.53 Å². The van der Waals surface area contributed by atoms with Crippen LogP contribution in [0.5, 0.6) is 17.2 Å². The van der Waals surface area contributed by atoms with Gasteiger partial charge in [-0.2, -0.15) is 5.26 Å². The second-order valence-corrected chi connectivity index (χ2v) is 6.78. The molecule has 0 aliphatic heterocycles. The second-order valence-electron chi connectivity index (χ2n) is 6.78. The maximum absolute atomic E-state index is 12.8. The number of aryl methyl sites for hydroxylation is 2.